The van der Waals surface area contributed by atoms with Crippen LogP contribution in [-0.4, -0.2) is 46.5 Å². The molecule has 0 spiro atoms. The van der Waals surface area contributed by atoms with Crippen LogP contribution in [0.25, 0.3) is 0 Å². The summed E-state index contributed by atoms with van der Waals surface area (Å²) in [6, 6.07) is -0.832. The maximum Gasteiger partial charge on any atom is 0.323 e. The van der Waals surface area contributed by atoms with Crippen molar-refractivity contribution in [2.24, 2.45) is 5.92 Å². The van der Waals surface area contributed by atoms with Crippen LogP contribution < -0.4 is 4.72 Å². The van der Waals surface area contributed by atoms with Crippen molar-refractivity contribution < 1.29 is 22.7 Å². The van der Waals surface area contributed by atoms with E-state index in [1.807, 2.05) is 13.8 Å². The van der Waals surface area contributed by atoms with Gasteiger partial charge in [0.05, 0.1) is 19.5 Å². The van der Waals surface area contributed by atoms with Gasteiger partial charge in [-0.3, -0.25) is 4.79 Å². The number of hydrogen-bond acceptors (Lipinski definition) is 5. The van der Waals surface area contributed by atoms with E-state index < -0.39 is 22.0 Å². The first-order valence-corrected chi connectivity index (χ1v) is 7.63. The number of ether oxygens (including phenoxy) is 2. The van der Waals surface area contributed by atoms with Crippen molar-refractivity contribution >= 4 is 16.0 Å². The summed E-state index contributed by atoms with van der Waals surface area (Å²) < 4.78 is 35.4. The van der Waals surface area contributed by atoms with Crippen molar-refractivity contribution in [1.29, 1.82) is 0 Å². The fraction of sp³-hybridized carbons (Fsp3) is 0.909. The molecule has 0 saturated heterocycles. The number of methoxy groups -OCH3 is 1. The molecule has 0 aromatic rings. The normalized spacial score (nSPS) is 13.6. The Kier molecular flexibility index (Phi) is 8.13. The highest BCUT2D eigenvalue weighted by atomic mass is 32.2. The zero-order valence-corrected chi connectivity index (χ0v) is 12.2. The molecule has 0 bridgehead atoms. The lowest BCUT2D eigenvalue weighted by Gasteiger charge is -2.18. The van der Waals surface area contributed by atoms with Gasteiger partial charge in [0.25, 0.3) is 0 Å². The number of carbonyl (C=O) groups is 1. The van der Waals surface area contributed by atoms with Crippen molar-refractivity contribution in [2.75, 3.05) is 26.1 Å². The molecular formula is C11H23NO5S. The summed E-state index contributed by atoms with van der Waals surface area (Å²) in [5.41, 5.74) is 0. The Hall–Kier alpha value is -0.660. The molecule has 7 heteroatoms. The van der Waals surface area contributed by atoms with Gasteiger partial charge in [-0.05, 0) is 19.3 Å². The third-order valence-corrected chi connectivity index (χ3v) is 3.56. The average Bonchev–Trinajstić information content (AvgIpc) is 2.26. The zero-order valence-electron chi connectivity index (χ0n) is 11.4. The third-order valence-electron chi connectivity index (χ3n) is 2.22. The van der Waals surface area contributed by atoms with Crippen molar-refractivity contribution in [1.82, 2.24) is 4.72 Å². The summed E-state index contributed by atoms with van der Waals surface area (Å²) in [4.78, 5) is 11.5. The molecule has 0 aromatic heterocycles. The van der Waals surface area contributed by atoms with Gasteiger partial charge in [0.15, 0.2) is 0 Å². The lowest BCUT2D eigenvalue weighted by molar-refractivity contribution is -0.143. The largest absolute Gasteiger partial charge is 0.468 e. The van der Waals surface area contributed by atoms with Gasteiger partial charge in [0.2, 0.25) is 10.0 Å². The average molecular weight is 281 g/mol. The molecular weight excluding hydrogens is 258 g/mol. The predicted octanol–water partition coefficient (Wildman–Crippen LogP) is 0.530. The Labute approximate surface area is 109 Å². The van der Waals surface area contributed by atoms with Gasteiger partial charge in [-0.15, -0.1) is 0 Å². The van der Waals surface area contributed by atoms with Crippen LogP contribution in [0.2, 0.25) is 0 Å². The van der Waals surface area contributed by atoms with Crippen molar-refractivity contribution in [3.8, 4) is 0 Å². The fourth-order valence-electron chi connectivity index (χ4n) is 1.39. The summed E-state index contributed by atoms with van der Waals surface area (Å²) in [5.74, 6) is -0.542. The maximum absolute atomic E-state index is 11.7. The number of esters is 1. The van der Waals surface area contributed by atoms with Crippen LogP contribution in [0, 0.1) is 5.92 Å². The molecule has 1 unspecified atom stereocenters. The van der Waals surface area contributed by atoms with E-state index in [0.29, 0.717) is 13.0 Å². The number of sulfonamides is 1. The lowest BCUT2D eigenvalue weighted by Crippen LogP contribution is -2.43. The first kappa shape index (κ1) is 17.3. The molecule has 18 heavy (non-hydrogen) atoms. The molecule has 0 rings (SSSR count). The molecule has 0 amide bonds. The molecule has 1 N–H and O–H groups in total. The standard InChI is InChI=1S/C11H23NO5S/c1-5-17-6-7-18(14,15)12-10(8-9(2)3)11(13)16-4/h9-10,12H,5-8H2,1-4H3. The second-order valence-electron chi connectivity index (χ2n) is 4.34. The summed E-state index contributed by atoms with van der Waals surface area (Å²) in [7, 11) is -2.29. The molecule has 0 aliphatic heterocycles. The Bertz CT molecular complexity index is 339. The first-order chi connectivity index (χ1) is 8.32. The van der Waals surface area contributed by atoms with E-state index in [1.54, 1.807) is 6.92 Å². The molecule has 1 atom stereocenters. The number of hydrogen-bond donors (Lipinski definition) is 1. The van der Waals surface area contributed by atoms with Gasteiger partial charge in [-0.1, -0.05) is 13.8 Å². The third kappa shape index (κ3) is 7.62. The highest BCUT2D eigenvalue weighted by Gasteiger charge is 2.25. The highest BCUT2D eigenvalue weighted by molar-refractivity contribution is 7.89. The second-order valence-corrected chi connectivity index (χ2v) is 6.21. The van der Waals surface area contributed by atoms with E-state index >= 15 is 0 Å². The summed E-state index contributed by atoms with van der Waals surface area (Å²) in [5, 5.41) is 0. The minimum absolute atomic E-state index is 0.113. The van der Waals surface area contributed by atoms with Gasteiger partial charge in [-0.2, -0.15) is 0 Å². The molecule has 0 saturated carbocycles. The summed E-state index contributed by atoms with van der Waals surface area (Å²) in [6.07, 6.45) is 0.403. The molecule has 0 radical (unpaired) electrons. The van der Waals surface area contributed by atoms with Crippen LogP contribution in [0.4, 0.5) is 0 Å². The molecule has 0 aliphatic rings. The Morgan fingerprint density at radius 2 is 1.94 bits per heavy atom. The van der Waals surface area contributed by atoms with E-state index in [2.05, 4.69) is 9.46 Å². The summed E-state index contributed by atoms with van der Waals surface area (Å²) in [6.45, 7) is 6.17. The van der Waals surface area contributed by atoms with Crippen LogP contribution in [0.3, 0.4) is 0 Å². The monoisotopic (exact) mass is 281 g/mol. The van der Waals surface area contributed by atoms with Crippen LogP contribution >= 0.6 is 0 Å². The molecule has 6 nitrogen and oxygen atoms in total. The Balaban J connectivity index is 4.50. The van der Waals surface area contributed by atoms with Crippen LogP contribution in [0.15, 0.2) is 0 Å². The van der Waals surface area contributed by atoms with E-state index in [-0.39, 0.29) is 18.3 Å². The van der Waals surface area contributed by atoms with E-state index in [4.69, 9.17) is 4.74 Å². The molecule has 0 fully saturated rings. The smallest absolute Gasteiger partial charge is 0.323 e. The molecule has 0 aliphatic carbocycles. The number of nitrogens with one attached hydrogen (secondary N) is 1. The van der Waals surface area contributed by atoms with Crippen molar-refractivity contribution in [3.63, 3.8) is 0 Å². The highest BCUT2D eigenvalue weighted by Crippen LogP contribution is 2.07. The number of rotatable bonds is 9. The Morgan fingerprint density at radius 1 is 1.33 bits per heavy atom. The fourth-order valence-corrected chi connectivity index (χ4v) is 2.48. The molecule has 0 aromatic carbocycles. The van der Waals surface area contributed by atoms with Gasteiger partial charge in [0.1, 0.15) is 6.04 Å². The predicted molar refractivity (Wildman–Crippen MR) is 68.7 cm³/mol. The Morgan fingerprint density at radius 3 is 2.39 bits per heavy atom. The van der Waals surface area contributed by atoms with Gasteiger partial charge < -0.3 is 9.47 Å². The maximum atomic E-state index is 11.7. The van der Waals surface area contributed by atoms with Crippen LogP contribution in [-0.2, 0) is 24.3 Å². The van der Waals surface area contributed by atoms with E-state index in [9.17, 15) is 13.2 Å². The second kappa shape index (κ2) is 8.44. The first-order valence-electron chi connectivity index (χ1n) is 5.98. The van der Waals surface area contributed by atoms with Gasteiger partial charge in [-0.25, -0.2) is 13.1 Å². The minimum atomic E-state index is -3.53. The summed E-state index contributed by atoms with van der Waals surface area (Å²) >= 11 is 0. The van der Waals surface area contributed by atoms with E-state index in [1.165, 1.54) is 7.11 Å². The van der Waals surface area contributed by atoms with Crippen molar-refractivity contribution in [3.05, 3.63) is 0 Å². The van der Waals surface area contributed by atoms with Crippen LogP contribution in [0.5, 0.6) is 0 Å². The van der Waals surface area contributed by atoms with Gasteiger partial charge in [0, 0.05) is 6.61 Å². The topological polar surface area (TPSA) is 81.7 Å². The molecule has 0 heterocycles. The lowest BCUT2D eigenvalue weighted by atomic mass is 10.1. The zero-order chi connectivity index (χ0) is 14.2. The minimum Gasteiger partial charge on any atom is -0.468 e. The van der Waals surface area contributed by atoms with Crippen LogP contribution in [0.1, 0.15) is 27.2 Å². The number of carbonyl (C=O) groups excluding carboxylic acids is 1. The quantitative estimate of drug-likeness (QED) is 0.492. The molecule has 108 valence electrons. The SMILES string of the molecule is CCOCCS(=O)(=O)NC(CC(C)C)C(=O)OC. The van der Waals surface area contributed by atoms with E-state index in [0.717, 1.165) is 0 Å². The van der Waals surface area contributed by atoms with Gasteiger partial charge >= 0.3 is 5.97 Å². The van der Waals surface area contributed by atoms with Crippen molar-refractivity contribution in [2.45, 2.75) is 33.2 Å².